The van der Waals surface area contributed by atoms with Crippen molar-refractivity contribution in [2.45, 2.75) is 19.4 Å². The Kier molecular flexibility index (Phi) is 6.64. The third kappa shape index (κ3) is 5.01. The second kappa shape index (κ2) is 9.78. The van der Waals surface area contributed by atoms with E-state index in [1.807, 2.05) is 25.1 Å². The molecule has 2 aromatic rings. The van der Waals surface area contributed by atoms with Crippen LogP contribution >= 0.6 is 12.2 Å². The van der Waals surface area contributed by atoms with Crippen molar-refractivity contribution in [2.24, 2.45) is 9.98 Å². The van der Waals surface area contributed by atoms with Gasteiger partial charge in [0, 0.05) is 47.5 Å². The summed E-state index contributed by atoms with van der Waals surface area (Å²) in [7, 11) is 1.48. The molecule has 4 rings (SSSR count). The number of nitrogens with one attached hydrogen (secondary N) is 2. The van der Waals surface area contributed by atoms with Gasteiger partial charge in [0.05, 0.1) is 18.5 Å². The molecule has 0 bridgehead atoms. The van der Waals surface area contributed by atoms with Gasteiger partial charge in [0.15, 0.2) is 5.84 Å². The Hall–Kier alpha value is -3.79. The summed E-state index contributed by atoms with van der Waals surface area (Å²) < 4.78 is 32.0. The number of aromatic nitrogens is 2. The lowest BCUT2D eigenvalue weighted by atomic mass is 10.1. The number of nitrogens with zero attached hydrogens (tertiary/aromatic N) is 4. The van der Waals surface area contributed by atoms with Crippen LogP contribution in [0.3, 0.4) is 0 Å². The number of thiocarbonyl (C=S) groups is 1. The maximum Gasteiger partial charge on any atom is 0.278 e. The predicted molar refractivity (Wildman–Crippen MR) is 127 cm³/mol. The first-order valence-corrected chi connectivity index (χ1v) is 10.4. The Bertz CT molecular complexity index is 1320. The number of pyridine rings is 2. The minimum absolute atomic E-state index is 0.222. The monoisotopic (exact) mass is 466 g/mol. The van der Waals surface area contributed by atoms with Gasteiger partial charge in [-0.05, 0) is 36.4 Å². The summed E-state index contributed by atoms with van der Waals surface area (Å²) in [6, 6.07) is 7.15. The number of allylic oxidation sites excluding steroid dienone is 2. The van der Waals surface area contributed by atoms with E-state index in [0.717, 1.165) is 11.4 Å². The van der Waals surface area contributed by atoms with Crippen LogP contribution in [0, 0.1) is 6.92 Å². The quantitative estimate of drug-likeness (QED) is 0.672. The normalized spacial score (nSPS) is 21.5. The number of rotatable bonds is 4. The first-order chi connectivity index (χ1) is 16.0. The molecule has 33 heavy (non-hydrogen) atoms. The molecule has 10 heteroatoms. The lowest BCUT2D eigenvalue weighted by molar-refractivity contribution is 0.182. The molecular formula is C23H20F2N6OS. The number of hydrogen-bond donors (Lipinski definition) is 2. The number of halogens is 2. The van der Waals surface area contributed by atoms with Crippen LogP contribution in [0.2, 0.25) is 0 Å². The van der Waals surface area contributed by atoms with E-state index in [1.54, 1.807) is 30.9 Å². The van der Waals surface area contributed by atoms with Gasteiger partial charge in [-0.15, -0.1) is 0 Å². The molecule has 2 aliphatic rings. The predicted octanol–water partition coefficient (Wildman–Crippen LogP) is 2.05. The maximum absolute atomic E-state index is 13.3. The smallest absolute Gasteiger partial charge is 0.278 e. The summed E-state index contributed by atoms with van der Waals surface area (Å²) in [4.78, 5) is 17.8. The number of ether oxygens (including phenoxy) is 1. The summed E-state index contributed by atoms with van der Waals surface area (Å²) in [6.07, 6.45) is 6.68. The molecule has 2 N–H and O–H groups in total. The average molecular weight is 467 g/mol. The topological polar surface area (TPSA) is 83.8 Å². The number of methoxy groups -OCH3 is 1. The lowest BCUT2D eigenvalue weighted by Gasteiger charge is -2.19. The fourth-order valence-corrected chi connectivity index (χ4v) is 3.52. The SMILES string of the molecule is COC1=CNC(C(F)F)=C/C1=c1/cc(C)nc/c1=C/N=C1N=CC(c2ccccn2)NC1=S. The first-order valence-electron chi connectivity index (χ1n) is 9.98. The highest BCUT2D eigenvalue weighted by Gasteiger charge is 2.20. The second-order valence-corrected chi connectivity index (χ2v) is 7.56. The van der Waals surface area contributed by atoms with Crippen molar-refractivity contribution in [3.8, 4) is 0 Å². The third-order valence-corrected chi connectivity index (χ3v) is 5.22. The number of alkyl halides is 2. The standard InChI is InChI=1S/C23H20F2N6OS/c1-13-7-15(16-8-18(21(24)25)28-12-20(16)32-2)14(9-27-13)10-29-22-23(33)31-19(11-30-22)17-5-3-4-6-26-17/h3-12,19,21,28H,1-2H3,(H,31,33)/b14-10-,16-15+,29-22?. The van der Waals surface area contributed by atoms with Crippen LogP contribution in [0.5, 0.6) is 0 Å². The van der Waals surface area contributed by atoms with Crippen LogP contribution in [0.1, 0.15) is 17.4 Å². The molecule has 0 radical (unpaired) electrons. The van der Waals surface area contributed by atoms with Gasteiger partial charge in [-0.25, -0.2) is 18.8 Å². The summed E-state index contributed by atoms with van der Waals surface area (Å²) in [6.45, 7) is 1.82. The Balaban J connectivity index is 1.78. The van der Waals surface area contributed by atoms with Gasteiger partial charge < -0.3 is 15.4 Å². The molecule has 168 valence electrons. The molecule has 1 atom stereocenters. The van der Waals surface area contributed by atoms with Crippen LogP contribution in [0.15, 0.2) is 70.4 Å². The van der Waals surface area contributed by atoms with Gasteiger partial charge >= 0.3 is 0 Å². The molecule has 0 saturated heterocycles. The first kappa shape index (κ1) is 22.4. The zero-order valence-corrected chi connectivity index (χ0v) is 18.6. The Morgan fingerprint density at radius 1 is 1.27 bits per heavy atom. The highest BCUT2D eigenvalue weighted by Crippen LogP contribution is 2.20. The summed E-state index contributed by atoms with van der Waals surface area (Å²) in [5, 5.41) is 6.96. The number of dihydropyridines is 1. The van der Waals surface area contributed by atoms with E-state index in [1.165, 1.54) is 19.4 Å². The maximum atomic E-state index is 13.3. The van der Waals surface area contributed by atoms with Crippen molar-refractivity contribution < 1.29 is 13.5 Å². The van der Waals surface area contributed by atoms with Crippen LogP contribution in [0.25, 0.3) is 11.8 Å². The highest BCUT2D eigenvalue weighted by molar-refractivity contribution is 7.82. The largest absolute Gasteiger partial charge is 0.495 e. The molecule has 2 aromatic heterocycles. The molecule has 7 nitrogen and oxygen atoms in total. The fraction of sp³-hybridized carbons (Fsp3) is 0.174. The molecule has 0 fully saturated rings. The number of aryl methyl sites for hydroxylation is 1. The van der Waals surface area contributed by atoms with Crippen molar-refractivity contribution in [3.63, 3.8) is 0 Å². The van der Waals surface area contributed by atoms with Crippen molar-refractivity contribution >= 4 is 41.0 Å². The Morgan fingerprint density at radius 3 is 2.82 bits per heavy atom. The molecule has 1 unspecified atom stereocenters. The van der Waals surface area contributed by atoms with Crippen LogP contribution < -0.4 is 21.1 Å². The van der Waals surface area contributed by atoms with Crippen LogP contribution in [-0.4, -0.2) is 40.5 Å². The summed E-state index contributed by atoms with van der Waals surface area (Å²) in [5.74, 6) is 0.740. The summed E-state index contributed by atoms with van der Waals surface area (Å²) in [5.41, 5.74) is 1.78. The zero-order valence-electron chi connectivity index (χ0n) is 17.8. The van der Waals surface area contributed by atoms with E-state index in [-0.39, 0.29) is 11.7 Å². The molecule has 4 heterocycles. The van der Waals surface area contributed by atoms with Gasteiger partial charge in [0.1, 0.15) is 16.8 Å². The van der Waals surface area contributed by atoms with Gasteiger partial charge in [-0.3, -0.25) is 9.97 Å². The van der Waals surface area contributed by atoms with Crippen molar-refractivity contribution in [1.29, 1.82) is 0 Å². The van der Waals surface area contributed by atoms with Gasteiger partial charge in [-0.1, -0.05) is 18.3 Å². The Labute approximate surface area is 194 Å². The van der Waals surface area contributed by atoms with Crippen molar-refractivity contribution in [3.05, 3.63) is 82.2 Å². The Morgan fingerprint density at radius 2 is 2.12 bits per heavy atom. The molecule has 2 aliphatic heterocycles. The highest BCUT2D eigenvalue weighted by atomic mass is 32.1. The molecule has 0 spiro atoms. The molecule has 0 amide bonds. The fourth-order valence-electron chi connectivity index (χ4n) is 3.29. The molecule has 0 aromatic carbocycles. The van der Waals surface area contributed by atoms with Gasteiger partial charge in [0.25, 0.3) is 6.43 Å². The number of amidine groups is 1. The van der Waals surface area contributed by atoms with E-state index in [4.69, 9.17) is 17.0 Å². The van der Waals surface area contributed by atoms with E-state index in [9.17, 15) is 8.78 Å². The van der Waals surface area contributed by atoms with E-state index in [0.29, 0.717) is 32.6 Å². The zero-order chi connectivity index (χ0) is 23.4. The van der Waals surface area contributed by atoms with Gasteiger partial charge in [0.2, 0.25) is 0 Å². The number of aliphatic imine (C=N–C) groups is 2. The van der Waals surface area contributed by atoms with E-state index < -0.39 is 6.43 Å². The average Bonchev–Trinajstić information content (AvgIpc) is 2.84. The van der Waals surface area contributed by atoms with Gasteiger partial charge in [-0.2, -0.15) is 0 Å². The minimum atomic E-state index is -2.66. The van der Waals surface area contributed by atoms with E-state index >= 15 is 0 Å². The van der Waals surface area contributed by atoms with E-state index in [2.05, 4.69) is 30.6 Å². The number of hydrogen-bond acceptors (Lipinski definition) is 6. The van der Waals surface area contributed by atoms with Crippen LogP contribution in [-0.2, 0) is 4.74 Å². The van der Waals surface area contributed by atoms with Crippen molar-refractivity contribution in [2.75, 3.05) is 7.11 Å². The molecule has 0 saturated carbocycles. The van der Waals surface area contributed by atoms with Crippen molar-refractivity contribution in [1.82, 2.24) is 20.6 Å². The van der Waals surface area contributed by atoms with Crippen LogP contribution in [0.4, 0.5) is 8.78 Å². The third-order valence-electron chi connectivity index (χ3n) is 4.92. The lowest BCUT2D eigenvalue weighted by Crippen LogP contribution is -2.37. The second-order valence-electron chi connectivity index (χ2n) is 7.15. The summed E-state index contributed by atoms with van der Waals surface area (Å²) >= 11 is 5.43. The minimum Gasteiger partial charge on any atom is -0.495 e. The molecular weight excluding hydrogens is 446 g/mol. The molecule has 0 aliphatic carbocycles.